The van der Waals surface area contributed by atoms with E-state index in [1.165, 1.54) is 11.0 Å². The van der Waals surface area contributed by atoms with Crippen LogP contribution in [0.25, 0.3) is 0 Å². The van der Waals surface area contributed by atoms with Crippen LogP contribution in [-0.2, 0) is 22.6 Å². The van der Waals surface area contributed by atoms with Crippen LogP contribution < -0.4 is 15.4 Å². The van der Waals surface area contributed by atoms with E-state index in [0.29, 0.717) is 29.2 Å². The maximum Gasteiger partial charge on any atom is 0.321 e. The second kappa shape index (κ2) is 13.0. The second-order valence-electron chi connectivity index (χ2n) is 9.94. The number of carbonyl (C=O) groups is 3. The van der Waals surface area contributed by atoms with Crippen molar-refractivity contribution >= 4 is 29.2 Å². The zero-order valence-corrected chi connectivity index (χ0v) is 22.7. The van der Waals surface area contributed by atoms with Crippen LogP contribution in [0.4, 0.5) is 16.2 Å². The molecule has 3 aromatic rings. The number of para-hydroxylation sites is 1. The molecule has 0 aliphatic carbocycles. The van der Waals surface area contributed by atoms with Crippen molar-refractivity contribution in [1.29, 1.82) is 0 Å². The number of likely N-dealkylation sites (N-methyl/N-ethyl adjacent to an activating group) is 1. The standard InChI is InChI=1S/C27H34N8O5/c1-18-13-35(19(2)16-36)26(38)12-20-11-22(29-25(37)15-34-17-28-31-32-34)9-10-23(20)40-24(18)14-33(3)27(39)30-21-7-5-4-6-8-21/h4-11,17-19,24,36H,12-16H2,1-3H3,(H,29,37)(H,30,39)/t18-,19+,24-/m1/s1. The van der Waals surface area contributed by atoms with E-state index in [1.807, 2.05) is 25.1 Å². The van der Waals surface area contributed by atoms with Crippen LogP contribution in [0.15, 0.2) is 54.9 Å². The van der Waals surface area contributed by atoms with Gasteiger partial charge in [-0.25, -0.2) is 9.48 Å². The van der Waals surface area contributed by atoms with Crippen molar-refractivity contribution in [2.24, 2.45) is 5.92 Å². The summed E-state index contributed by atoms with van der Waals surface area (Å²) in [6.45, 7) is 4.06. The van der Waals surface area contributed by atoms with Gasteiger partial charge in [0.2, 0.25) is 11.8 Å². The number of amides is 4. The highest BCUT2D eigenvalue weighted by Gasteiger charge is 2.32. The number of ether oxygens (including phenoxy) is 1. The number of tetrazole rings is 1. The average Bonchev–Trinajstić information content (AvgIpc) is 3.45. The van der Waals surface area contributed by atoms with Gasteiger partial charge in [-0.1, -0.05) is 25.1 Å². The minimum atomic E-state index is -0.468. The molecule has 0 unspecified atom stereocenters. The van der Waals surface area contributed by atoms with Gasteiger partial charge in [0.15, 0.2) is 0 Å². The number of anilines is 2. The number of aliphatic hydroxyl groups excluding tert-OH is 1. The van der Waals surface area contributed by atoms with E-state index in [-0.39, 0.29) is 49.9 Å². The van der Waals surface area contributed by atoms with Crippen LogP contribution in [0.1, 0.15) is 19.4 Å². The quantitative estimate of drug-likeness (QED) is 0.382. The Morgan fingerprint density at radius 2 is 1.95 bits per heavy atom. The Hall–Kier alpha value is -4.52. The van der Waals surface area contributed by atoms with Crippen LogP contribution >= 0.6 is 0 Å². The van der Waals surface area contributed by atoms with Gasteiger partial charge in [-0.15, -0.1) is 5.10 Å². The van der Waals surface area contributed by atoms with E-state index in [9.17, 15) is 19.5 Å². The number of hydrogen-bond donors (Lipinski definition) is 3. The summed E-state index contributed by atoms with van der Waals surface area (Å²) in [6, 6.07) is 13.6. The largest absolute Gasteiger partial charge is 0.488 e. The SMILES string of the molecule is C[C@@H]1CN([C@@H](C)CO)C(=O)Cc2cc(NC(=O)Cn3cnnn3)ccc2O[C@@H]1CN(C)C(=O)Nc1ccccc1. The molecule has 0 radical (unpaired) electrons. The monoisotopic (exact) mass is 550 g/mol. The van der Waals surface area contributed by atoms with Crippen molar-refractivity contribution in [3.8, 4) is 5.75 Å². The summed E-state index contributed by atoms with van der Waals surface area (Å²) < 4.78 is 7.75. The number of fused-ring (bicyclic) bond motifs is 1. The lowest BCUT2D eigenvalue weighted by Crippen LogP contribution is -2.48. The molecule has 0 bridgehead atoms. The first kappa shape index (κ1) is 28.5. The lowest BCUT2D eigenvalue weighted by atomic mass is 10.0. The van der Waals surface area contributed by atoms with Gasteiger partial charge in [-0.2, -0.15) is 0 Å². The molecule has 3 atom stereocenters. The van der Waals surface area contributed by atoms with Crippen molar-refractivity contribution in [2.45, 2.75) is 39.0 Å². The molecular weight excluding hydrogens is 516 g/mol. The molecule has 3 N–H and O–H groups in total. The summed E-state index contributed by atoms with van der Waals surface area (Å²) in [5.41, 5.74) is 1.74. The smallest absolute Gasteiger partial charge is 0.321 e. The summed E-state index contributed by atoms with van der Waals surface area (Å²) in [4.78, 5) is 41.9. The Bertz CT molecular complexity index is 1300. The molecule has 4 amide bonds. The average molecular weight is 551 g/mol. The fourth-order valence-corrected chi connectivity index (χ4v) is 4.42. The van der Waals surface area contributed by atoms with Crippen molar-refractivity contribution in [3.05, 3.63) is 60.4 Å². The Kier molecular flexibility index (Phi) is 9.27. The van der Waals surface area contributed by atoms with Gasteiger partial charge < -0.3 is 30.3 Å². The summed E-state index contributed by atoms with van der Waals surface area (Å²) in [5.74, 6) is -0.201. The third-order valence-electron chi connectivity index (χ3n) is 6.72. The molecule has 0 saturated carbocycles. The normalized spacial score (nSPS) is 17.9. The number of benzene rings is 2. The summed E-state index contributed by atoms with van der Waals surface area (Å²) in [6.07, 6.45) is 0.885. The fraction of sp³-hybridized carbons (Fsp3) is 0.407. The van der Waals surface area contributed by atoms with E-state index in [1.54, 1.807) is 54.1 Å². The molecule has 13 nitrogen and oxygen atoms in total. The highest BCUT2D eigenvalue weighted by atomic mass is 16.5. The maximum atomic E-state index is 13.4. The van der Waals surface area contributed by atoms with E-state index in [4.69, 9.17) is 4.74 Å². The molecular formula is C27H34N8O5. The lowest BCUT2D eigenvalue weighted by Gasteiger charge is -2.34. The Balaban J connectivity index is 1.56. The molecule has 2 aromatic carbocycles. The molecule has 212 valence electrons. The van der Waals surface area contributed by atoms with E-state index < -0.39 is 12.1 Å². The predicted octanol–water partition coefficient (Wildman–Crippen LogP) is 1.62. The van der Waals surface area contributed by atoms with Gasteiger partial charge in [-0.05, 0) is 47.7 Å². The highest BCUT2D eigenvalue weighted by molar-refractivity contribution is 5.91. The number of nitrogens with one attached hydrogen (secondary N) is 2. The number of aliphatic hydroxyl groups is 1. The zero-order chi connectivity index (χ0) is 28.6. The van der Waals surface area contributed by atoms with Gasteiger partial charge in [0.05, 0.1) is 25.6 Å². The van der Waals surface area contributed by atoms with E-state index in [0.717, 1.165) is 0 Å². The fourth-order valence-electron chi connectivity index (χ4n) is 4.42. The van der Waals surface area contributed by atoms with Crippen molar-refractivity contribution in [1.82, 2.24) is 30.0 Å². The lowest BCUT2D eigenvalue weighted by molar-refractivity contribution is -0.134. The van der Waals surface area contributed by atoms with Crippen LogP contribution in [-0.4, -0.2) is 91.8 Å². The first-order chi connectivity index (χ1) is 19.2. The first-order valence-electron chi connectivity index (χ1n) is 13.0. The molecule has 0 spiro atoms. The molecule has 0 saturated heterocycles. The van der Waals surface area contributed by atoms with Crippen molar-refractivity contribution in [3.63, 3.8) is 0 Å². The van der Waals surface area contributed by atoms with Crippen molar-refractivity contribution < 1.29 is 24.2 Å². The van der Waals surface area contributed by atoms with Gasteiger partial charge >= 0.3 is 6.03 Å². The topological polar surface area (TPSA) is 155 Å². The summed E-state index contributed by atoms with van der Waals surface area (Å²) in [7, 11) is 1.68. The van der Waals surface area contributed by atoms with Gasteiger partial charge in [-0.3, -0.25) is 9.59 Å². The van der Waals surface area contributed by atoms with Crippen LogP contribution in [0.3, 0.4) is 0 Å². The highest BCUT2D eigenvalue weighted by Crippen LogP contribution is 2.29. The number of aromatic nitrogens is 4. The summed E-state index contributed by atoms with van der Waals surface area (Å²) >= 11 is 0. The molecule has 1 aliphatic rings. The molecule has 2 heterocycles. The number of nitrogens with zero attached hydrogens (tertiary/aromatic N) is 6. The van der Waals surface area contributed by atoms with E-state index in [2.05, 4.69) is 26.2 Å². The Morgan fingerprint density at radius 1 is 1.18 bits per heavy atom. The number of urea groups is 1. The predicted molar refractivity (Wildman–Crippen MR) is 147 cm³/mol. The third kappa shape index (κ3) is 7.32. The number of hydrogen-bond acceptors (Lipinski definition) is 8. The number of rotatable bonds is 8. The third-order valence-corrected chi connectivity index (χ3v) is 6.72. The first-order valence-corrected chi connectivity index (χ1v) is 13.0. The maximum absolute atomic E-state index is 13.4. The molecule has 1 aliphatic heterocycles. The Labute approximate surface area is 232 Å². The van der Waals surface area contributed by atoms with Gasteiger partial charge in [0, 0.05) is 36.4 Å². The van der Waals surface area contributed by atoms with Crippen LogP contribution in [0.2, 0.25) is 0 Å². The number of carbonyl (C=O) groups excluding carboxylic acids is 3. The molecule has 4 rings (SSSR count). The van der Waals surface area contributed by atoms with E-state index >= 15 is 0 Å². The molecule has 0 fully saturated rings. The van der Waals surface area contributed by atoms with Gasteiger partial charge in [0.25, 0.3) is 0 Å². The van der Waals surface area contributed by atoms with Gasteiger partial charge in [0.1, 0.15) is 24.7 Å². The zero-order valence-electron chi connectivity index (χ0n) is 22.7. The minimum absolute atomic E-state index is 0.0140. The molecule has 40 heavy (non-hydrogen) atoms. The van der Waals surface area contributed by atoms with Crippen LogP contribution in [0.5, 0.6) is 5.75 Å². The summed E-state index contributed by atoms with van der Waals surface area (Å²) in [5, 5.41) is 26.2. The van der Waals surface area contributed by atoms with Crippen molar-refractivity contribution in [2.75, 3.05) is 37.4 Å². The van der Waals surface area contributed by atoms with Crippen LogP contribution in [0, 0.1) is 5.92 Å². The molecule has 1 aromatic heterocycles. The minimum Gasteiger partial charge on any atom is -0.488 e. The Morgan fingerprint density at radius 3 is 2.65 bits per heavy atom. The molecule has 13 heteroatoms. The second-order valence-corrected chi connectivity index (χ2v) is 9.94.